The van der Waals surface area contributed by atoms with E-state index in [1.165, 1.54) is 23.7 Å². The molecule has 0 unspecified atom stereocenters. The summed E-state index contributed by atoms with van der Waals surface area (Å²) in [5.41, 5.74) is 0. The maximum atomic E-state index is 4.95. The monoisotopic (exact) mass is 343 g/mol. The van der Waals surface area contributed by atoms with Gasteiger partial charge in [-0.2, -0.15) is 0 Å². The third-order valence-electron chi connectivity index (χ3n) is 4.00. The van der Waals surface area contributed by atoms with Crippen molar-refractivity contribution in [3.8, 4) is 0 Å². The van der Waals surface area contributed by atoms with E-state index in [2.05, 4.69) is 0 Å². The summed E-state index contributed by atoms with van der Waals surface area (Å²) in [7, 11) is 14.8. The van der Waals surface area contributed by atoms with Crippen LogP contribution in [0.3, 0.4) is 0 Å². The van der Waals surface area contributed by atoms with Crippen LogP contribution in [0.2, 0.25) is 0 Å². The number of hydrogen-bond acceptors (Lipinski definition) is 0. The van der Waals surface area contributed by atoms with Crippen LogP contribution in [-0.4, -0.2) is 0 Å². The molecule has 14 heavy (non-hydrogen) atoms. The van der Waals surface area contributed by atoms with Crippen LogP contribution >= 0.6 is 29.1 Å². The van der Waals surface area contributed by atoms with Gasteiger partial charge in [-0.05, 0) is 62.2 Å². The first-order valence-electron chi connectivity index (χ1n) is 5.30. The zero-order valence-corrected chi connectivity index (χ0v) is 12.0. The van der Waals surface area contributed by atoms with Crippen molar-refractivity contribution >= 4 is 29.1 Å². The van der Waals surface area contributed by atoms with Crippen LogP contribution in [0.5, 0.6) is 0 Å². The molecule has 4 saturated carbocycles. The Kier molecular flexibility index (Phi) is 4.46. The Balaban J connectivity index is 0.000000165. The third kappa shape index (κ3) is 3.24. The molecule has 0 atom stereocenters. The first kappa shape index (κ1) is 12.0. The van der Waals surface area contributed by atoms with E-state index in [-0.39, 0.29) is 0 Å². The zero-order chi connectivity index (χ0) is 10.1. The SMILES string of the molecule is C1C2CC3CC1CC(C2)C3.[Cl][Ru]([Cl])[Cl]. The van der Waals surface area contributed by atoms with Gasteiger partial charge in [-0.3, -0.25) is 0 Å². The van der Waals surface area contributed by atoms with Crippen molar-refractivity contribution in [1.29, 1.82) is 0 Å². The van der Waals surface area contributed by atoms with E-state index in [9.17, 15) is 0 Å². The molecule has 4 aliphatic carbocycles. The average molecular weight is 344 g/mol. The fourth-order valence-corrected chi connectivity index (χ4v) is 3.98. The van der Waals surface area contributed by atoms with E-state index in [0.717, 1.165) is 0 Å². The predicted molar refractivity (Wildman–Crippen MR) is 59.2 cm³/mol. The summed E-state index contributed by atoms with van der Waals surface area (Å²) in [6.07, 6.45) is 9.62. The van der Waals surface area contributed by atoms with Gasteiger partial charge in [0.1, 0.15) is 0 Å². The van der Waals surface area contributed by atoms with Crippen molar-refractivity contribution < 1.29 is 13.0 Å². The molecule has 4 bridgehead atoms. The number of halogens is 3. The van der Waals surface area contributed by atoms with E-state index < -0.39 is 13.0 Å². The molecule has 4 fully saturated rings. The van der Waals surface area contributed by atoms with Crippen LogP contribution in [0, 0.1) is 23.7 Å². The maximum absolute atomic E-state index is 4.95. The summed E-state index contributed by atoms with van der Waals surface area (Å²) in [5.74, 6) is 4.71. The minimum atomic E-state index is -1.75. The van der Waals surface area contributed by atoms with Gasteiger partial charge in [0.2, 0.25) is 0 Å². The molecule has 0 N–H and O–H groups in total. The Labute approximate surface area is 104 Å². The van der Waals surface area contributed by atoms with E-state index in [0.29, 0.717) is 0 Å². The van der Waals surface area contributed by atoms with Crippen molar-refractivity contribution in [2.45, 2.75) is 38.5 Å². The minimum absolute atomic E-state index is 1.18. The van der Waals surface area contributed by atoms with Gasteiger partial charge in [0.25, 0.3) is 0 Å². The van der Waals surface area contributed by atoms with E-state index in [1.807, 2.05) is 0 Å². The molecule has 4 aliphatic rings. The quantitative estimate of drug-likeness (QED) is 0.549. The summed E-state index contributed by atoms with van der Waals surface area (Å²) >= 11 is -1.75. The van der Waals surface area contributed by atoms with Gasteiger partial charge in [-0.1, -0.05) is 0 Å². The molecule has 0 amide bonds. The van der Waals surface area contributed by atoms with Crippen LogP contribution in [-0.2, 0) is 13.0 Å². The molecule has 0 heterocycles. The molecular formula is C10H16Cl3Ru. The molecule has 4 rings (SSSR count). The Hall–Kier alpha value is 1.49. The molecule has 0 spiro atoms. The third-order valence-corrected chi connectivity index (χ3v) is 4.00. The second-order valence-corrected chi connectivity index (χ2v) is 12.9. The molecule has 0 aromatic carbocycles. The topological polar surface area (TPSA) is 0 Å². The average Bonchev–Trinajstić information content (AvgIpc) is 1.98. The fourth-order valence-electron chi connectivity index (χ4n) is 3.98. The molecule has 85 valence electrons. The molecule has 0 aliphatic heterocycles. The van der Waals surface area contributed by atoms with Gasteiger partial charge in [-0.15, -0.1) is 0 Å². The first-order valence-corrected chi connectivity index (χ1v) is 12.0. The zero-order valence-electron chi connectivity index (χ0n) is 8.04. The molecule has 0 aromatic rings. The van der Waals surface area contributed by atoms with Crippen LogP contribution in [0.25, 0.3) is 0 Å². The summed E-state index contributed by atoms with van der Waals surface area (Å²) < 4.78 is 0. The van der Waals surface area contributed by atoms with Crippen LogP contribution < -0.4 is 0 Å². The van der Waals surface area contributed by atoms with Crippen LogP contribution in [0.1, 0.15) is 38.5 Å². The Bertz CT molecular complexity index is 137. The van der Waals surface area contributed by atoms with Crippen LogP contribution in [0.15, 0.2) is 0 Å². The normalized spacial score (nSPS) is 44.4. The van der Waals surface area contributed by atoms with E-state index in [1.54, 1.807) is 38.5 Å². The fraction of sp³-hybridized carbons (Fsp3) is 1.00. The van der Waals surface area contributed by atoms with E-state index in [4.69, 9.17) is 29.1 Å². The second kappa shape index (κ2) is 5.22. The first-order chi connectivity index (χ1) is 6.63. The number of hydrogen-bond donors (Lipinski definition) is 0. The van der Waals surface area contributed by atoms with Gasteiger partial charge in [-0.25, -0.2) is 0 Å². The van der Waals surface area contributed by atoms with E-state index >= 15 is 0 Å². The van der Waals surface area contributed by atoms with Crippen molar-refractivity contribution in [3.63, 3.8) is 0 Å². The summed E-state index contributed by atoms with van der Waals surface area (Å²) in [5, 5.41) is 0. The molecule has 4 heteroatoms. The summed E-state index contributed by atoms with van der Waals surface area (Å²) in [4.78, 5) is 0. The molecule has 0 radical (unpaired) electrons. The second-order valence-electron chi connectivity index (χ2n) is 5.03. The van der Waals surface area contributed by atoms with Crippen molar-refractivity contribution in [2.75, 3.05) is 0 Å². The van der Waals surface area contributed by atoms with Gasteiger partial charge in [0, 0.05) is 0 Å². The Morgan fingerprint density at radius 2 is 0.714 bits per heavy atom. The summed E-state index contributed by atoms with van der Waals surface area (Å²) in [6.45, 7) is 0. The Morgan fingerprint density at radius 3 is 0.857 bits per heavy atom. The van der Waals surface area contributed by atoms with Crippen LogP contribution in [0.4, 0.5) is 0 Å². The molecule has 0 nitrogen and oxygen atoms in total. The van der Waals surface area contributed by atoms with Gasteiger partial charge in [0.15, 0.2) is 0 Å². The van der Waals surface area contributed by atoms with Gasteiger partial charge >= 0.3 is 42.1 Å². The van der Waals surface area contributed by atoms with Crippen molar-refractivity contribution in [2.24, 2.45) is 23.7 Å². The van der Waals surface area contributed by atoms with Gasteiger partial charge < -0.3 is 0 Å². The number of rotatable bonds is 0. The molecule has 0 saturated heterocycles. The molecule has 0 aromatic heterocycles. The standard InChI is InChI=1S/C10H16.3ClH.Ru/c1-7-2-9-4-8(1)5-10(3-7)6-9;;;;/h7-10H,1-6H2;3*1H;/q;;;;+3/p-3. The summed E-state index contributed by atoms with van der Waals surface area (Å²) in [6, 6.07) is 0. The van der Waals surface area contributed by atoms with Crippen molar-refractivity contribution in [3.05, 3.63) is 0 Å². The molecular weight excluding hydrogens is 328 g/mol. The predicted octanol–water partition coefficient (Wildman–Crippen LogP) is 4.90. The van der Waals surface area contributed by atoms with Gasteiger partial charge in [0.05, 0.1) is 0 Å². The Morgan fingerprint density at radius 1 is 0.571 bits per heavy atom. The van der Waals surface area contributed by atoms with Crippen molar-refractivity contribution in [1.82, 2.24) is 0 Å².